The summed E-state index contributed by atoms with van der Waals surface area (Å²) >= 11 is 18.2. The van der Waals surface area contributed by atoms with Gasteiger partial charge in [-0.2, -0.15) is 0 Å². The number of hydrogen-bond acceptors (Lipinski definition) is 2. The van der Waals surface area contributed by atoms with E-state index in [9.17, 15) is 0 Å². The normalized spacial score (nSPS) is 12.2. The van der Waals surface area contributed by atoms with E-state index in [0.29, 0.717) is 21.7 Å². The molecule has 1 N–H and O–H groups in total. The Morgan fingerprint density at radius 3 is 2.33 bits per heavy atom. The van der Waals surface area contributed by atoms with Gasteiger partial charge >= 0.3 is 0 Å². The van der Waals surface area contributed by atoms with Crippen molar-refractivity contribution in [3.63, 3.8) is 0 Å². The van der Waals surface area contributed by atoms with Crippen molar-refractivity contribution in [2.75, 3.05) is 13.2 Å². The van der Waals surface area contributed by atoms with E-state index in [2.05, 4.69) is 5.32 Å². The SMILES string of the molecule is CCNC(COc1ccc(Cl)cc1)c1cc(Cl)ccc1Cl. The third-order valence-corrected chi connectivity index (χ3v) is 3.85. The molecule has 2 rings (SSSR count). The Bertz CT molecular complexity index is 587. The van der Waals surface area contributed by atoms with Crippen LogP contribution in [0.5, 0.6) is 5.75 Å². The van der Waals surface area contributed by atoms with Crippen molar-refractivity contribution in [2.45, 2.75) is 13.0 Å². The first-order chi connectivity index (χ1) is 10.1. The van der Waals surface area contributed by atoms with Crippen LogP contribution in [-0.2, 0) is 0 Å². The van der Waals surface area contributed by atoms with E-state index < -0.39 is 0 Å². The summed E-state index contributed by atoms with van der Waals surface area (Å²) in [6.45, 7) is 3.29. The summed E-state index contributed by atoms with van der Waals surface area (Å²) in [5, 5.41) is 5.37. The zero-order valence-electron chi connectivity index (χ0n) is 11.6. The number of halogens is 3. The van der Waals surface area contributed by atoms with E-state index in [1.54, 1.807) is 24.3 Å². The minimum atomic E-state index is -0.0307. The molecule has 0 saturated carbocycles. The molecular formula is C16H16Cl3NO. The lowest BCUT2D eigenvalue weighted by Crippen LogP contribution is -2.27. The third-order valence-electron chi connectivity index (χ3n) is 3.01. The minimum absolute atomic E-state index is 0.0307. The van der Waals surface area contributed by atoms with E-state index in [1.165, 1.54) is 0 Å². The lowest BCUT2D eigenvalue weighted by atomic mass is 10.1. The summed E-state index contributed by atoms with van der Waals surface area (Å²) in [4.78, 5) is 0. The highest BCUT2D eigenvalue weighted by Crippen LogP contribution is 2.27. The number of ether oxygens (including phenoxy) is 1. The van der Waals surface area contributed by atoms with Crippen molar-refractivity contribution in [3.05, 3.63) is 63.1 Å². The molecule has 0 bridgehead atoms. The lowest BCUT2D eigenvalue weighted by molar-refractivity contribution is 0.268. The Morgan fingerprint density at radius 1 is 1.00 bits per heavy atom. The van der Waals surface area contributed by atoms with Crippen LogP contribution in [0.15, 0.2) is 42.5 Å². The number of rotatable bonds is 6. The van der Waals surface area contributed by atoms with Gasteiger partial charge in [0.25, 0.3) is 0 Å². The standard InChI is InChI=1S/C16H16Cl3NO/c1-2-20-16(14-9-12(18)5-8-15(14)19)10-21-13-6-3-11(17)4-7-13/h3-9,16,20H,2,10H2,1H3. The van der Waals surface area contributed by atoms with Crippen LogP contribution in [0, 0.1) is 0 Å². The molecule has 0 aromatic heterocycles. The molecule has 112 valence electrons. The molecule has 0 aliphatic rings. The number of hydrogen-bond donors (Lipinski definition) is 1. The highest BCUT2D eigenvalue weighted by atomic mass is 35.5. The molecule has 2 aromatic rings. The summed E-state index contributed by atoms with van der Waals surface area (Å²) in [6.07, 6.45) is 0. The molecule has 1 atom stereocenters. The average molecular weight is 345 g/mol. The number of likely N-dealkylation sites (N-methyl/N-ethyl adjacent to an activating group) is 1. The van der Waals surface area contributed by atoms with E-state index in [4.69, 9.17) is 39.5 Å². The van der Waals surface area contributed by atoms with Crippen molar-refractivity contribution in [1.29, 1.82) is 0 Å². The van der Waals surface area contributed by atoms with Crippen LogP contribution < -0.4 is 10.1 Å². The van der Waals surface area contributed by atoms with Crippen LogP contribution in [0.2, 0.25) is 15.1 Å². The Morgan fingerprint density at radius 2 is 1.67 bits per heavy atom. The molecule has 5 heteroatoms. The Hall–Kier alpha value is -0.930. The lowest BCUT2D eigenvalue weighted by Gasteiger charge is -2.20. The van der Waals surface area contributed by atoms with Crippen LogP contribution >= 0.6 is 34.8 Å². The first kappa shape index (κ1) is 16.4. The molecule has 1 unspecified atom stereocenters. The first-order valence-corrected chi connectivity index (χ1v) is 7.80. The highest BCUT2D eigenvalue weighted by Gasteiger charge is 2.15. The van der Waals surface area contributed by atoms with Gasteiger partial charge in [0.2, 0.25) is 0 Å². The topological polar surface area (TPSA) is 21.3 Å². The zero-order chi connectivity index (χ0) is 15.2. The fraction of sp³-hybridized carbons (Fsp3) is 0.250. The van der Waals surface area contributed by atoms with Gasteiger partial charge < -0.3 is 10.1 Å². The van der Waals surface area contributed by atoms with Gasteiger partial charge in [0.1, 0.15) is 12.4 Å². The molecule has 0 amide bonds. The van der Waals surface area contributed by atoms with E-state index in [1.807, 2.05) is 25.1 Å². The fourth-order valence-electron chi connectivity index (χ4n) is 2.00. The average Bonchev–Trinajstić information content (AvgIpc) is 2.48. The van der Waals surface area contributed by atoms with Crippen LogP contribution in [-0.4, -0.2) is 13.2 Å². The van der Waals surface area contributed by atoms with Crippen molar-refractivity contribution in [2.24, 2.45) is 0 Å². The van der Waals surface area contributed by atoms with Crippen molar-refractivity contribution in [3.8, 4) is 5.75 Å². The monoisotopic (exact) mass is 343 g/mol. The maximum absolute atomic E-state index is 6.26. The predicted molar refractivity (Wildman–Crippen MR) is 89.8 cm³/mol. The van der Waals surface area contributed by atoms with Crippen LogP contribution in [0.25, 0.3) is 0 Å². The summed E-state index contributed by atoms with van der Waals surface area (Å²) < 4.78 is 5.80. The van der Waals surface area contributed by atoms with E-state index in [-0.39, 0.29) is 6.04 Å². The molecule has 0 radical (unpaired) electrons. The fourth-order valence-corrected chi connectivity index (χ4v) is 2.55. The van der Waals surface area contributed by atoms with Gasteiger partial charge in [-0.05, 0) is 54.6 Å². The van der Waals surface area contributed by atoms with Crippen LogP contribution in [0.3, 0.4) is 0 Å². The second-order valence-corrected chi connectivity index (χ2v) is 5.82. The minimum Gasteiger partial charge on any atom is -0.492 e. The Labute approximate surface area is 140 Å². The quantitative estimate of drug-likeness (QED) is 0.760. The molecule has 0 heterocycles. The number of nitrogens with one attached hydrogen (secondary N) is 1. The first-order valence-electron chi connectivity index (χ1n) is 6.67. The van der Waals surface area contributed by atoms with Crippen molar-refractivity contribution in [1.82, 2.24) is 5.32 Å². The molecule has 0 aliphatic heterocycles. The molecule has 21 heavy (non-hydrogen) atoms. The van der Waals surface area contributed by atoms with Gasteiger partial charge in [0.05, 0.1) is 6.04 Å². The maximum atomic E-state index is 6.26. The molecule has 0 aliphatic carbocycles. The smallest absolute Gasteiger partial charge is 0.119 e. The largest absolute Gasteiger partial charge is 0.492 e. The van der Waals surface area contributed by atoms with Crippen molar-refractivity contribution >= 4 is 34.8 Å². The summed E-state index contributed by atoms with van der Waals surface area (Å²) in [5.41, 5.74) is 0.931. The van der Waals surface area contributed by atoms with Crippen LogP contribution in [0.4, 0.5) is 0 Å². The van der Waals surface area contributed by atoms with Gasteiger partial charge in [-0.3, -0.25) is 0 Å². The predicted octanol–water partition coefficient (Wildman–Crippen LogP) is 5.38. The number of benzene rings is 2. The summed E-state index contributed by atoms with van der Waals surface area (Å²) in [5.74, 6) is 0.764. The molecule has 0 spiro atoms. The molecule has 0 fully saturated rings. The zero-order valence-corrected chi connectivity index (χ0v) is 13.8. The highest BCUT2D eigenvalue weighted by molar-refractivity contribution is 6.33. The maximum Gasteiger partial charge on any atom is 0.119 e. The van der Waals surface area contributed by atoms with Crippen LogP contribution in [0.1, 0.15) is 18.5 Å². The second-order valence-electron chi connectivity index (χ2n) is 4.54. The molecule has 0 saturated heterocycles. The van der Waals surface area contributed by atoms with Gasteiger partial charge in [-0.1, -0.05) is 41.7 Å². The van der Waals surface area contributed by atoms with E-state index >= 15 is 0 Å². The molecule has 2 nitrogen and oxygen atoms in total. The van der Waals surface area contributed by atoms with Gasteiger partial charge in [-0.15, -0.1) is 0 Å². The second kappa shape index (κ2) is 7.90. The van der Waals surface area contributed by atoms with Crippen molar-refractivity contribution < 1.29 is 4.74 Å². The van der Waals surface area contributed by atoms with E-state index in [0.717, 1.165) is 17.9 Å². The van der Waals surface area contributed by atoms with Gasteiger partial charge in [0, 0.05) is 15.1 Å². The van der Waals surface area contributed by atoms with Gasteiger partial charge in [0.15, 0.2) is 0 Å². The Kier molecular flexibility index (Phi) is 6.19. The van der Waals surface area contributed by atoms with Gasteiger partial charge in [-0.25, -0.2) is 0 Å². The third kappa shape index (κ3) is 4.79. The Balaban J connectivity index is 2.11. The summed E-state index contributed by atoms with van der Waals surface area (Å²) in [7, 11) is 0. The molecular weight excluding hydrogens is 329 g/mol. The summed E-state index contributed by atoms with van der Waals surface area (Å²) in [6, 6.07) is 12.7. The molecule has 2 aromatic carbocycles.